The lowest BCUT2D eigenvalue weighted by atomic mass is 9.94. The van der Waals surface area contributed by atoms with E-state index in [4.69, 9.17) is 9.47 Å². The highest BCUT2D eigenvalue weighted by Crippen LogP contribution is 2.35. The van der Waals surface area contributed by atoms with Crippen molar-refractivity contribution in [2.45, 2.75) is 37.9 Å². The third kappa shape index (κ3) is 2.80. The number of hydrogen-bond donors (Lipinski definition) is 1. The zero-order chi connectivity index (χ0) is 16.8. The monoisotopic (exact) mass is 329 g/mol. The molecule has 0 saturated carbocycles. The molecule has 1 unspecified atom stereocenters. The van der Waals surface area contributed by atoms with Crippen molar-refractivity contribution in [2.75, 3.05) is 26.3 Å². The van der Waals surface area contributed by atoms with E-state index in [1.165, 1.54) is 0 Å². The maximum Gasteiger partial charge on any atom is 0.228 e. The van der Waals surface area contributed by atoms with Crippen molar-refractivity contribution in [1.82, 2.24) is 15.1 Å². The van der Waals surface area contributed by atoms with Gasteiger partial charge >= 0.3 is 0 Å². The molecule has 1 amide bonds. The highest BCUT2D eigenvalue weighted by molar-refractivity contribution is 5.87. The van der Waals surface area contributed by atoms with Crippen LogP contribution in [0.2, 0.25) is 0 Å². The summed E-state index contributed by atoms with van der Waals surface area (Å²) in [6.45, 7) is 6.54. The van der Waals surface area contributed by atoms with Crippen LogP contribution in [-0.4, -0.2) is 58.5 Å². The van der Waals surface area contributed by atoms with Gasteiger partial charge in [-0.05, 0) is 19.9 Å². The van der Waals surface area contributed by atoms with Crippen LogP contribution in [0.3, 0.4) is 0 Å². The van der Waals surface area contributed by atoms with Crippen LogP contribution in [0, 0.1) is 0 Å². The molecule has 6 nitrogen and oxygen atoms in total. The molecule has 6 heteroatoms. The fourth-order valence-corrected chi connectivity index (χ4v) is 3.90. The molecular formula is C18H23N3O3. The number of benzene rings is 1. The van der Waals surface area contributed by atoms with E-state index in [-0.39, 0.29) is 17.1 Å². The van der Waals surface area contributed by atoms with Crippen LogP contribution in [0.15, 0.2) is 24.3 Å². The first-order chi connectivity index (χ1) is 11.5. The third-order valence-electron chi connectivity index (χ3n) is 4.83. The fourth-order valence-electron chi connectivity index (χ4n) is 3.90. The fraction of sp³-hybridized carbons (Fsp3) is 0.556. The van der Waals surface area contributed by atoms with Crippen molar-refractivity contribution in [2.24, 2.45) is 0 Å². The summed E-state index contributed by atoms with van der Waals surface area (Å²) in [6.07, 6.45) is 1.17. The second kappa shape index (κ2) is 5.57. The number of amides is 1. The molecule has 2 aromatic rings. The van der Waals surface area contributed by atoms with Gasteiger partial charge in [-0.1, -0.05) is 18.2 Å². The van der Waals surface area contributed by atoms with Gasteiger partial charge in [0.25, 0.3) is 0 Å². The van der Waals surface area contributed by atoms with Crippen molar-refractivity contribution >= 4 is 16.8 Å². The zero-order valence-corrected chi connectivity index (χ0v) is 14.2. The molecule has 1 aromatic heterocycles. The number of para-hydroxylation sites is 1. The summed E-state index contributed by atoms with van der Waals surface area (Å²) in [7, 11) is 0. The number of rotatable bonds is 2. The lowest BCUT2D eigenvalue weighted by Crippen LogP contribution is -2.61. The number of aromatic amines is 1. The van der Waals surface area contributed by atoms with E-state index in [0.717, 1.165) is 23.0 Å². The maximum atomic E-state index is 12.9. The normalized spacial score (nSPS) is 26.3. The number of morpholine rings is 1. The predicted molar refractivity (Wildman–Crippen MR) is 89.7 cm³/mol. The molecule has 0 aliphatic carbocycles. The van der Waals surface area contributed by atoms with Crippen molar-refractivity contribution in [1.29, 1.82) is 0 Å². The molecule has 1 aromatic carbocycles. The van der Waals surface area contributed by atoms with Crippen LogP contribution in [-0.2, 0) is 20.7 Å². The predicted octanol–water partition coefficient (Wildman–Crippen LogP) is 1.90. The van der Waals surface area contributed by atoms with E-state index >= 15 is 0 Å². The molecule has 3 heterocycles. The van der Waals surface area contributed by atoms with Gasteiger partial charge in [0, 0.05) is 25.0 Å². The van der Waals surface area contributed by atoms with E-state index in [9.17, 15) is 4.79 Å². The molecule has 1 spiro atoms. The Morgan fingerprint density at radius 3 is 2.96 bits per heavy atom. The van der Waals surface area contributed by atoms with Gasteiger partial charge in [-0.25, -0.2) is 0 Å². The van der Waals surface area contributed by atoms with E-state index in [1.807, 2.05) is 43.0 Å². The molecule has 128 valence electrons. The average Bonchev–Trinajstić information content (AvgIpc) is 3.13. The van der Waals surface area contributed by atoms with Gasteiger partial charge in [-0.3, -0.25) is 9.89 Å². The summed E-state index contributed by atoms with van der Waals surface area (Å²) < 4.78 is 11.8. The highest BCUT2D eigenvalue weighted by atomic mass is 16.6. The number of nitrogens with one attached hydrogen (secondary N) is 1. The van der Waals surface area contributed by atoms with Crippen LogP contribution in [0.1, 0.15) is 26.0 Å². The first-order valence-electron chi connectivity index (χ1n) is 8.44. The first-order valence-corrected chi connectivity index (χ1v) is 8.44. The van der Waals surface area contributed by atoms with Crippen molar-refractivity contribution < 1.29 is 14.3 Å². The van der Waals surface area contributed by atoms with Crippen LogP contribution < -0.4 is 0 Å². The van der Waals surface area contributed by atoms with Gasteiger partial charge in [-0.2, -0.15) is 5.10 Å². The Kier molecular flexibility index (Phi) is 3.62. The Balaban J connectivity index is 1.55. The van der Waals surface area contributed by atoms with Crippen LogP contribution in [0.25, 0.3) is 10.9 Å². The second-order valence-corrected chi connectivity index (χ2v) is 7.49. The molecule has 0 bridgehead atoms. The van der Waals surface area contributed by atoms with E-state index in [2.05, 4.69) is 10.2 Å². The Hall–Kier alpha value is -1.92. The molecule has 1 atom stereocenters. The van der Waals surface area contributed by atoms with E-state index < -0.39 is 0 Å². The number of hydrogen-bond acceptors (Lipinski definition) is 4. The van der Waals surface area contributed by atoms with E-state index in [0.29, 0.717) is 32.7 Å². The Morgan fingerprint density at radius 1 is 1.33 bits per heavy atom. The van der Waals surface area contributed by atoms with Crippen molar-refractivity contribution in [3.05, 3.63) is 30.0 Å². The van der Waals surface area contributed by atoms with Gasteiger partial charge in [0.2, 0.25) is 5.91 Å². The minimum absolute atomic E-state index is 0.104. The number of fused-ring (bicyclic) bond motifs is 1. The quantitative estimate of drug-likeness (QED) is 0.914. The lowest BCUT2D eigenvalue weighted by molar-refractivity contribution is -0.199. The first kappa shape index (κ1) is 15.6. The standard InChI is InChI=1S/C18H23N3O3/c1-17(2)10-21(11-18(24-17)7-8-23-12-18)16(22)9-15-13-5-3-4-6-14(13)19-20-15/h3-6H,7-12H2,1-2H3,(H,19,20). The molecule has 4 rings (SSSR count). The van der Waals surface area contributed by atoms with Crippen LogP contribution in [0.4, 0.5) is 0 Å². The molecule has 2 saturated heterocycles. The summed E-state index contributed by atoms with van der Waals surface area (Å²) in [5.74, 6) is 0.104. The molecular weight excluding hydrogens is 306 g/mol. The smallest absolute Gasteiger partial charge is 0.228 e. The molecule has 2 fully saturated rings. The minimum atomic E-state index is -0.363. The van der Waals surface area contributed by atoms with Crippen LogP contribution >= 0.6 is 0 Å². The van der Waals surface area contributed by atoms with Crippen LogP contribution in [0.5, 0.6) is 0 Å². The Morgan fingerprint density at radius 2 is 2.17 bits per heavy atom. The molecule has 0 radical (unpaired) electrons. The molecule has 1 N–H and O–H groups in total. The number of ether oxygens (including phenoxy) is 2. The maximum absolute atomic E-state index is 12.9. The average molecular weight is 329 g/mol. The minimum Gasteiger partial charge on any atom is -0.378 e. The van der Waals surface area contributed by atoms with Gasteiger partial charge in [-0.15, -0.1) is 0 Å². The topological polar surface area (TPSA) is 67.5 Å². The summed E-state index contributed by atoms with van der Waals surface area (Å²) in [6, 6.07) is 7.86. The number of carbonyl (C=O) groups is 1. The molecule has 2 aliphatic rings. The SMILES string of the molecule is CC1(C)CN(C(=O)Cc2[nH]nc3ccccc23)CC2(CCOC2)O1. The van der Waals surface area contributed by atoms with E-state index in [1.54, 1.807) is 0 Å². The lowest BCUT2D eigenvalue weighted by Gasteiger charge is -2.48. The summed E-state index contributed by atoms with van der Waals surface area (Å²) in [5.41, 5.74) is 1.05. The van der Waals surface area contributed by atoms with Crippen molar-refractivity contribution in [3.63, 3.8) is 0 Å². The number of H-pyrrole nitrogens is 1. The number of nitrogens with zero attached hydrogens (tertiary/aromatic N) is 2. The largest absolute Gasteiger partial charge is 0.378 e. The Bertz CT molecular complexity index is 762. The van der Waals surface area contributed by atoms with Crippen molar-refractivity contribution in [3.8, 4) is 0 Å². The van der Waals surface area contributed by atoms with Gasteiger partial charge in [0.05, 0.1) is 36.4 Å². The Labute approximate surface area is 141 Å². The third-order valence-corrected chi connectivity index (χ3v) is 4.83. The second-order valence-electron chi connectivity index (χ2n) is 7.49. The van der Waals surface area contributed by atoms with Gasteiger partial charge < -0.3 is 14.4 Å². The number of carbonyl (C=O) groups excluding carboxylic acids is 1. The summed E-state index contributed by atoms with van der Waals surface area (Å²) in [5, 5.41) is 8.30. The summed E-state index contributed by atoms with van der Waals surface area (Å²) >= 11 is 0. The van der Waals surface area contributed by atoms with Gasteiger partial charge in [0.1, 0.15) is 5.60 Å². The molecule has 24 heavy (non-hydrogen) atoms. The highest BCUT2D eigenvalue weighted by Gasteiger charge is 2.47. The number of aromatic nitrogens is 2. The zero-order valence-electron chi connectivity index (χ0n) is 14.2. The van der Waals surface area contributed by atoms with Gasteiger partial charge in [0.15, 0.2) is 0 Å². The molecule has 2 aliphatic heterocycles. The summed E-state index contributed by atoms with van der Waals surface area (Å²) in [4.78, 5) is 14.8.